The minimum atomic E-state index is -0.514. The van der Waals surface area contributed by atoms with E-state index in [9.17, 15) is 9.59 Å². The van der Waals surface area contributed by atoms with Crippen LogP contribution in [0.2, 0.25) is 0 Å². The predicted octanol–water partition coefficient (Wildman–Crippen LogP) is 1.57. The molecule has 0 saturated carbocycles. The number of carbonyl (C=O) groups is 1. The number of nitrogens with zero attached hydrogens (tertiary/aromatic N) is 2. The van der Waals surface area contributed by atoms with Gasteiger partial charge >= 0.3 is 0 Å². The lowest BCUT2D eigenvalue weighted by Gasteiger charge is -2.23. The average Bonchev–Trinajstić information content (AvgIpc) is 2.36. The summed E-state index contributed by atoms with van der Waals surface area (Å²) in [5.74, 6) is 0.435. The van der Waals surface area contributed by atoms with Gasteiger partial charge in [-0.3, -0.25) is 9.59 Å². The zero-order chi connectivity index (χ0) is 16.2. The van der Waals surface area contributed by atoms with Crippen LogP contribution in [0.15, 0.2) is 17.2 Å². The molecule has 1 unspecified atom stereocenters. The Morgan fingerprint density at radius 1 is 1.33 bits per heavy atom. The molecule has 1 aromatic heterocycles. The van der Waals surface area contributed by atoms with Crippen molar-refractivity contribution in [1.82, 2.24) is 14.9 Å². The summed E-state index contributed by atoms with van der Waals surface area (Å²) >= 11 is 0. The molecule has 0 spiro atoms. The van der Waals surface area contributed by atoms with E-state index in [1.807, 2.05) is 34.6 Å². The van der Waals surface area contributed by atoms with Crippen molar-refractivity contribution in [2.24, 2.45) is 5.92 Å². The Morgan fingerprint density at radius 3 is 2.48 bits per heavy atom. The van der Waals surface area contributed by atoms with E-state index < -0.39 is 6.04 Å². The summed E-state index contributed by atoms with van der Waals surface area (Å²) < 4.78 is 1.60. The van der Waals surface area contributed by atoms with Crippen molar-refractivity contribution >= 4 is 11.7 Å². The third-order valence-corrected chi connectivity index (χ3v) is 2.99. The van der Waals surface area contributed by atoms with Gasteiger partial charge in [0.25, 0.3) is 5.56 Å². The maximum atomic E-state index is 12.3. The number of carbonyl (C=O) groups excluding carboxylic acids is 1. The smallest absolute Gasteiger partial charge is 0.293 e. The van der Waals surface area contributed by atoms with Crippen LogP contribution in [0.4, 0.5) is 5.82 Å². The maximum Gasteiger partial charge on any atom is 0.293 e. The molecule has 0 aliphatic rings. The van der Waals surface area contributed by atoms with Gasteiger partial charge in [0, 0.05) is 24.5 Å². The van der Waals surface area contributed by atoms with Crippen LogP contribution < -0.4 is 16.2 Å². The molecule has 1 aromatic rings. The number of rotatable bonds is 5. The largest absolute Gasteiger partial charge is 0.354 e. The number of anilines is 1. The van der Waals surface area contributed by atoms with Crippen LogP contribution >= 0.6 is 0 Å². The van der Waals surface area contributed by atoms with E-state index in [1.54, 1.807) is 23.9 Å². The monoisotopic (exact) mass is 294 g/mol. The highest BCUT2D eigenvalue weighted by Crippen LogP contribution is 2.11. The van der Waals surface area contributed by atoms with Crippen LogP contribution in [0, 0.1) is 5.92 Å². The van der Waals surface area contributed by atoms with Gasteiger partial charge in [-0.15, -0.1) is 0 Å². The van der Waals surface area contributed by atoms with E-state index >= 15 is 0 Å². The first-order valence-electron chi connectivity index (χ1n) is 7.25. The molecule has 118 valence electrons. The standard InChI is InChI=1S/C15H26N4O2/c1-10(2)9-17-13(20)11(3)18-12-14(21)19(8-7-16-12)15(4,5)6/h7-8,10-11H,9H2,1-6H3,(H,16,18)(H,17,20). The van der Waals surface area contributed by atoms with Crippen molar-refractivity contribution in [3.8, 4) is 0 Å². The zero-order valence-corrected chi connectivity index (χ0v) is 13.7. The van der Waals surface area contributed by atoms with Crippen LogP contribution in [0.25, 0.3) is 0 Å². The number of amides is 1. The van der Waals surface area contributed by atoms with Gasteiger partial charge in [0.2, 0.25) is 5.91 Å². The second-order valence-corrected chi connectivity index (χ2v) is 6.63. The van der Waals surface area contributed by atoms with Crippen molar-refractivity contribution < 1.29 is 4.79 Å². The number of aromatic nitrogens is 2. The molecular weight excluding hydrogens is 268 g/mol. The molecule has 0 fully saturated rings. The second kappa shape index (κ2) is 6.74. The topological polar surface area (TPSA) is 76.0 Å². The number of hydrogen-bond donors (Lipinski definition) is 2. The molecule has 0 aliphatic carbocycles. The fraction of sp³-hybridized carbons (Fsp3) is 0.667. The first-order valence-corrected chi connectivity index (χ1v) is 7.25. The van der Waals surface area contributed by atoms with Crippen LogP contribution in [-0.2, 0) is 10.3 Å². The van der Waals surface area contributed by atoms with E-state index in [-0.39, 0.29) is 22.8 Å². The minimum absolute atomic E-state index is 0.143. The Bertz CT molecular complexity index is 543. The Labute approximate surface area is 126 Å². The lowest BCUT2D eigenvalue weighted by Crippen LogP contribution is -2.42. The van der Waals surface area contributed by atoms with E-state index in [1.165, 1.54) is 0 Å². The van der Waals surface area contributed by atoms with Crippen molar-refractivity contribution in [3.05, 3.63) is 22.7 Å². The Kier molecular flexibility index (Phi) is 5.52. The lowest BCUT2D eigenvalue weighted by atomic mass is 10.1. The lowest BCUT2D eigenvalue weighted by molar-refractivity contribution is -0.121. The molecule has 6 heteroatoms. The van der Waals surface area contributed by atoms with Crippen molar-refractivity contribution in [2.75, 3.05) is 11.9 Å². The molecule has 0 bridgehead atoms. The Hall–Kier alpha value is -1.85. The Morgan fingerprint density at radius 2 is 1.95 bits per heavy atom. The number of nitrogens with one attached hydrogen (secondary N) is 2. The molecule has 6 nitrogen and oxygen atoms in total. The van der Waals surface area contributed by atoms with Gasteiger partial charge in [-0.1, -0.05) is 13.8 Å². The van der Waals surface area contributed by atoms with Crippen LogP contribution in [0.5, 0.6) is 0 Å². The van der Waals surface area contributed by atoms with Gasteiger partial charge < -0.3 is 15.2 Å². The molecule has 2 N–H and O–H groups in total. The van der Waals surface area contributed by atoms with Crippen LogP contribution in [-0.4, -0.2) is 28.0 Å². The van der Waals surface area contributed by atoms with Gasteiger partial charge in [-0.05, 0) is 33.6 Å². The third kappa shape index (κ3) is 4.88. The van der Waals surface area contributed by atoms with Gasteiger partial charge in [0.15, 0.2) is 5.82 Å². The van der Waals surface area contributed by atoms with Gasteiger partial charge in [0.05, 0.1) is 0 Å². The summed E-state index contributed by atoms with van der Waals surface area (Å²) in [5.41, 5.74) is -0.562. The summed E-state index contributed by atoms with van der Waals surface area (Å²) in [6, 6.07) is -0.514. The maximum absolute atomic E-state index is 12.3. The molecule has 0 aromatic carbocycles. The Balaban J connectivity index is 2.84. The van der Waals surface area contributed by atoms with E-state index in [4.69, 9.17) is 0 Å². The molecule has 1 heterocycles. The second-order valence-electron chi connectivity index (χ2n) is 6.63. The molecular formula is C15H26N4O2. The fourth-order valence-corrected chi connectivity index (χ4v) is 1.77. The summed E-state index contributed by atoms with van der Waals surface area (Å²) in [5, 5.41) is 5.72. The van der Waals surface area contributed by atoms with Gasteiger partial charge in [-0.2, -0.15) is 0 Å². The number of hydrogen-bond acceptors (Lipinski definition) is 4. The van der Waals surface area contributed by atoms with Crippen molar-refractivity contribution in [2.45, 2.75) is 53.1 Å². The minimum Gasteiger partial charge on any atom is -0.354 e. The van der Waals surface area contributed by atoms with Crippen molar-refractivity contribution in [3.63, 3.8) is 0 Å². The van der Waals surface area contributed by atoms with E-state index in [0.29, 0.717) is 12.5 Å². The van der Waals surface area contributed by atoms with Crippen molar-refractivity contribution in [1.29, 1.82) is 0 Å². The zero-order valence-electron chi connectivity index (χ0n) is 13.7. The first kappa shape index (κ1) is 17.2. The molecule has 0 aliphatic heterocycles. The quantitative estimate of drug-likeness (QED) is 0.864. The predicted molar refractivity (Wildman–Crippen MR) is 84.4 cm³/mol. The highest BCUT2D eigenvalue weighted by Gasteiger charge is 2.19. The highest BCUT2D eigenvalue weighted by molar-refractivity contribution is 5.83. The van der Waals surface area contributed by atoms with E-state index in [2.05, 4.69) is 15.6 Å². The fourth-order valence-electron chi connectivity index (χ4n) is 1.77. The summed E-state index contributed by atoms with van der Waals surface area (Å²) in [7, 11) is 0. The molecule has 21 heavy (non-hydrogen) atoms. The van der Waals surface area contributed by atoms with Gasteiger partial charge in [-0.25, -0.2) is 4.98 Å². The molecule has 0 radical (unpaired) electrons. The summed E-state index contributed by atoms with van der Waals surface area (Å²) in [4.78, 5) is 28.3. The van der Waals surface area contributed by atoms with Crippen LogP contribution in [0.1, 0.15) is 41.5 Å². The normalized spacial score (nSPS) is 13.1. The highest BCUT2D eigenvalue weighted by atomic mass is 16.2. The molecule has 1 atom stereocenters. The van der Waals surface area contributed by atoms with E-state index in [0.717, 1.165) is 0 Å². The first-order chi connectivity index (χ1) is 9.62. The average molecular weight is 294 g/mol. The van der Waals surface area contributed by atoms with Crippen LogP contribution in [0.3, 0.4) is 0 Å². The molecule has 0 saturated heterocycles. The molecule has 1 rings (SSSR count). The summed E-state index contributed by atoms with van der Waals surface area (Å²) in [6.07, 6.45) is 3.21. The third-order valence-electron chi connectivity index (χ3n) is 2.99. The van der Waals surface area contributed by atoms with Gasteiger partial charge in [0.1, 0.15) is 6.04 Å². The molecule has 1 amide bonds. The summed E-state index contributed by atoms with van der Waals surface area (Å²) in [6.45, 7) is 12.2. The SMILES string of the molecule is CC(C)CNC(=O)C(C)Nc1nccn(C(C)(C)C)c1=O.